The summed E-state index contributed by atoms with van der Waals surface area (Å²) < 4.78 is 13.9. The van der Waals surface area contributed by atoms with Crippen LogP contribution in [0.5, 0.6) is 0 Å². The van der Waals surface area contributed by atoms with E-state index in [-0.39, 0.29) is 0 Å². The van der Waals surface area contributed by atoms with Crippen LogP contribution in [0.3, 0.4) is 0 Å². The van der Waals surface area contributed by atoms with Crippen LogP contribution in [-0.2, 0) is 11.2 Å². The van der Waals surface area contributed by atoms with E-state index in [1.54, 1.807) is 23.9 Å². The number of nitriles is 2. The maximum absolute atomic E-state index is 11.9. The fourth-order valence-corrected chi connectivity index (χ4v) is 3.89. The van der Waals surface area contributed by atoms with Crippen molar-refractivity contribution in [2.45, 2.75) is 11.1 Å². The van der Waals surface area contributed by atoms with Gasteiger partial charge in [0.15, 0.2) is 0 Å². The van der Waals surface area contributed by atoms with E-state index in [2.05, 4.69) is 4.98 Å². The molecule has 0 amide bonds. The Morgan fingerprint density at radius 3 is 2.78 bits per heavy atom. The third-order valence-corrected chi connectivity index (χ3v) is 5.12. The van der Waals surface area contributed by atoms with Crippen LogP contribution in [0.4, 0.5) is 0 Å². The highest BCUT2D eigenvalue weighted by Gasteiger charge is 2.26. The molecule has 7 heteroatoms. The molecule has 0 radical (unpaired) electrons. The summed E-state index contributed by atoms with van der Waals surface area (Å²) in [5.74, 6) is 0.420. The Balaban J connectivity index is 2.69. The van der Waals surface area contributed by atoms with Crippen LogP contribution in [0.2, 0.25) is 0 Å². The van der Waals surface area contributed by atoms with Gasteiger partial charge in [-0.2, -0.15) is 10.5 Å². The van der Waals surface area contributed by atoms with Crippen molar-refractivity contribution < 1.29 is 4.55 Å². The molecule has 0 N–H and O–H groups in total. The first-order valence-electron chi connectivity index (χ1n) is 5.06. The highest BCUT2D eigenvalue weighted by Crippen LogP contribution is 2.34. The summed E-state index contributed by atoms with van der Waals surface area (Å²) in [6, 6.07) is 4.08. The third-order valence-electron chi connectivity index (χ3n) is 2.30. The lowest BCUT2D eigenvalue weighted by molar-refractivity contribution is 0.598. The van der Waals surface area contributed by atoms with Gasteiger partial charge in [-0.05, 0) is 18.1 Å². The molecule has 0 aliphatic carbocycles. The van der Waals surface area contributed by atoms with Crippen LogP contribution in [0, 0.1) is 22.7 Å². The minimum Gasteiger partial charge on any atom is -0.611 e. The van der Waals surface area contributed by atoms with Gasteiger partial charge in [-0.25, -0.2) is 4.98 Å². The number of nitrogens with zero attached hydrogens (tertiary/aromatic N) is 4. The Bertz CT molecular complexity index is 633. The number of thiophene rings is 1. The van der Waals surface area contributed by atoms with Crippen molar-refractivity contribution in [3.63, 3.8) is 0 Å². The van der Waals surface area contributed by atoms with E-state index in [9.17, 15) is 9.81 Å². The molecule has 5 nitrogen and oxygen atoms in total. The molecule has 2 rings (SSSR count). The van der Waals surface area contributed by atoms with Crippen LogP contribution in [-0.4, -0.2) is 19.9 Å². The van der Waals surface area contributed by atoms with E-state index in [1.807, 2.05) is 12.1 Å². The van der Waals surface area contributed by atoms with Crippen molar-refractivity contribution in [2.24, 2.45) is 0 Å². The summed E-state index contributed by atoms with van der Waals surface area (Å²) >= 11 is -0.134. The summed E-state index contributed by atoms with van der Waals surface area (Å²) in [6.45, 7) is 1.78. The minimum absolute atomic E-state index is 0.301. The summed E-state index contributed by atoms with van der Waals surface area (Å²) in [6.07, 6.45) is 4.74. The molecule has 0 saturated heterocycles. The molecule has 90 valence electrons. The lowest BCUT2D eigenvalue weighted by atomic mass is 10.2. The summed E-state index contributed by atoms with van der Waals surface area (Å²) in [7, 11) is 0. The molecule has 0 aromatic carbocycles. The van der Waals surface area contributed by atoms with Gasteiger partial charge in [0.2, 0.25) is 4.21 Å². The second-order valence-electron chi connectivity index (χ2n) is 3.27. The van der Waals surface area contributed by atoms with Gasteiger partial charge in [0, 0.05) is 12.4 Å². The van der Waals surface area contributed by atoms with Crippen LogP contribution < -0.4 is 0 Å². The maximum Gasteiger partial charge on any atom is 0.228 e. The standard InChI is InChI=1S/C11H8N4OS2/c1-2-18(16)11-8(5-12)10(9(6-13)17-11)15-4-3-14-7-15/h3-4,7H,2H2,1H3. The Morgan fingerprint density at radius 2 is 2.28 bits per heavy atom. The molecule has 1 unspecified atom stereocenters. The summed E-state index contributed by atoms with van der Waals surface area (Å²) in [4.78, 5) is 4.27. The quantitative estimate of drug-likeness (QED) is 0.800. The second-order valence-corrected chi connectivity index (χ2v) is 6.23. The van der Waals surface area contributed by atoms with E-state index in [0.29, 0.717) is 26.1 Å². The Kier molecular flexibility index (Phi) is 3.68. The summed E-state index contributed by atoms with van der Waals surface area (Å²) in [5, 5.41) is 18.4. The largest absolute Gasteiger partial charge is 0.611 e. The molecule has 2 heterocycles. The van der Waals surface area contributed by atoms with E-state index < -0.39 is 11.2 Å². The van der Waals surface area contributed by atoms with E-state index in [4.69, 9.17) is 5.26 Å². The van der Waals surface area contributed by atoms with E-state index >= 15 is 0 Å². The Hall–Kier alpha value is -1.80. The first kappa shape index (κ1) is 12.7. The molecule has 2 aromatic rings. The topological polar surface area (TPSA) is 88.5 Å². The normalized spacial score (nSPS) is 11.8. The molecular weight excluding hydrogens is 268 g/mol. The Labute approximate surface area is 111 Å². The average molecular weight is 276 g/mol. The fraction of sp³-hybridized carbons (Fsp3) is 0.182. The smallest absolute Gasteiger partial charge is 0.228 e. The lowest BCUT2D eigenvalue weighted by Gasteiger charge is -2.05. The minimum atomic E-state index is -1.24. The molecule has 1 atom stereocenters. The number of rotatable bonds is 3. The van der Waals surface area contributed by atoms with Crippen LogP contribution >= 0.6 is 11.3 Å². The molecule has 0 aliphatic rings. The van der Waals surface area contributed by atoms with Crippen molar-refractivity contribution in [3.05, 3.63) is 29.2 Å². The van der Waals surface area contributed by atoms with Crippen molar-refractivity contribution in [1.29, 1.82) is 10.5 Å². The number of imidazole rings is 1. The maximum atomic E-state index is 11.9. The first-order valence-corrected chi connectivity index (χ1v) is 7.20. The molecule has 0 fully saturated rings. The summed E-state index contributed by atoms with van der Waals surface area (Å²) in [5.41, 5.74) is 0.772. The molecule has 0 bridgehead atoms. The number of aromatic nitrogens is 2. The average Bonchev–Trinajstić information content (AvgIpc) is 3.03. The SMILES string of the molecule is CC[S+]([O-])c1sc(C#N)c(-n2ccnc2)c1C#N. The van der Waals surface area contributed by atoms with Gasteiger partial charge >= 0.3 is 0 Å². The lowest BCUT2D eigenvalue weighted by Crippen LogP contribution is -2.04. The van der Waals surface area contributed by atoms with Crippen LogP contribution in [0.15, 0.2) is 22.9 Å². The van der Waals surface area contributed by atoms with Crippen molar-refractivity contribution in [2.75, 3.05) is 5.75 Å². The molecule has 0 spiro atoms. The van der Waals surface area contributed by atoms with Crippen LogP contribution in [0.25, 0.3) is 5.69 Å². The van der Waals surface area contributed by atoms with Gasteiger partial charge in [-0.3, -0.25) is 0 Å². The van der Waals surface area contributed by atoms with Crippen molar-refractivity contribution >= 4 is 22.5 Å². The Morgan fingerprint density at radius 1 is 1.50 bits per heavy atom. The van der Waals surface area contributed by atoms with Gasteiger partial charge in [0.25, 0.3) is 0 Å². The monoisotopic (exact) mass is 276 g/mol. The zero-order valence-corrected chi connectivity index (χ0v) is 11.1. The molecular formula is C11H8N4OS2. The highest BCUT2D eigenvalue weighted by molar-refractivity contribution is 7.93. The predicted molar refractivity (Wildman–Crippen MR) is 67.8 cm³/mol. The zero-order valence-electron chi connectivity index (χ0n) is 9.45. The first-order chi connectivity index (χ1) is 8.72. The van der Waals surface area contributed by atoms with Crippen molar-refractivity contribution in [1.82, 2.24) is 9.55 Å². The van der Waals surface area contributed by atoms with E-state index in [0.717, 1.165) is 11.3 Å². The van der Waals surface area contributed by atoms with Crippen molar-refractivity contribution in [3.8, 4) is 17.8 Å². The predicted octanol–water partition coefficient (Wildman–Crippen LogP) is 1.80. The van der Waals surface area contributed by atoms with Crippen LogP contribution in [0.1, 0.15) is 17.4 Å². The molecule has 0 aliphatic heterocycles. The number of hydrogen-bond donors (Lipinski definition) is 0. The number of hydrogen-bond acceptors (Lipinski definition) is 5. The molecule has 0 saturated carbocycles. The fourth-order valence-electron chi connectivity index (χ4n) is 1.51. The molecule has 18 heavy (non-hydrogen) atoms. The second kappa shape index (κ2) is 5.23. The van der Waals surface area contributed by atoms with E-state index in [1.165, 1.54) is 6.33 Å². The van der Waals surface area contributed by atoms with Gasteiger partial charge in [-0.15, -0.1) is 0 Å². The van der Waals surface area contributed by atoms with Gasteiger partial charge in [-0.1, -0.05) is 11.3 Å². The third kappa shape index (κ3) is 2.00. The van der Waals surface area contributed by atoms with Gasteiger partial charge in [0.05, 0.1) is 12.0 Å². The zero-order chi connectivity index (χ0) is 13.1. The highest BCUT2D eigenvalue weighted by atomic mass is 32.2. The van der Waals surface area contributed by atoms with Gasteiger partial charge < -0.3 is 9.12 Å². The molecule has 2 aromatic heterocycles. The van der Waals surface area contributed by atoms with Gasteiger partial charge in [0.1, 0.15) is 28.3 Å².